The summed E-state index contributed by atoms with van der Waals surface area (Å²) in [5, 5.41) is 7.18. The molecule has 1 N–H and O–H groups in total. The van der Waals surface area contributed by atoms with E-state index in [1.807, 2.05) is 32.0 Å². The highest BCUT2D eigenvalue weighted by atomic mass is 16.5. The molecule has 0 spiro atoms. The minimum absolute atomic E-state index is 0.0651. The molecule has 6 nitrogen and oxygen atoms in total. The van der Waals surface area contributed by atoms with Crippen LogP contribution in [-0.4, -0.2) is 29.3 Å². The molecule has 2 aliphatic carbocycles. The summed E-state index contributed by atoms with van der Waals surface area (Å²) in [5.41, 5.74) is 2.38. The third kappa shape index (κ3) is 5.04. The number of carbonyl (C=O) groups excluding carboxylic acids is 1. The molecule has 0 bridgehead atoms. The molecule has 2 aliphatic rings. The quantitative estimate of drug-likeness (QED) is 0.702. The van der Waals surface area contributed by atoms with Gasteiger partial charge in [-0.25, -0.2) is 0 Å². The Labute approximate surface area is 178 Å². The van der Waals surface area contributed by atoms with Gasteiger partial charge in [-0.05, 0) is 57.7 Å². The van der Waals surface area contributed by atoms with Gasteiger partial charge in [-0.15, -0.1) is 0 Å². The van der Waals surface area contributed by atoms with E-state index in [0.29, 0.717) is 24.0 Å². The summed E-state index contributed by atoms with van der Waals surface area (Å²) in [6.45, 7) is 4.14. The molecule has 0 saturated heterocycles. The Morgan fingerprint density at radius 3 is 2.67 bits per heavy atom. The molecule has 0 unspecified atom stereocenters. The number of hydrogen-bond donors (Lipinski definition) is 1. The Hall–Kier alpha value is -2.34. The second-order valence-corrected chi connectivity index (χ2v) is 8.56. The molecule has 0 radical (unpaired) electrons. The lowest BCUT2D eigenvalue weighted by Gasteiger charge is -2.34. The molecule has 30 heavy (non-hydrogen) atoms. The van der Waals surface area contributed by atoms with Crippen LogP contribution in [-0.2, 0) is 11.3 Å². The lowest BCUT2D eigenvalue weighted by molar-refractivity contribution is -0.0419. The molecule has 162 valence electrons. The SMILES string of the molecule is Cc1noc(C)c1COc1cccc(C(=O)N[C@H]2CCCC[C@@H]2OC2CCCC2)c1. The monoisotopic (exact) mass is 412 g/mol. The van der Waals surface area contributed by atoms with Crippen LogP contribution in [0.2, 0.25) is 0 Å². The van der Waals surface area contributed by atoms with Crippen molar-refractivity contribution in [3.63, 3.8) is 0 Å². The maximum atomic E-state index is 12.9. The van der Waals surface area contributed by atoms with E-state index in [1.54, 1.807) is 6.07 Å². The van der Waals surface area contributed by atoms with E-state index in [2.05, 4.69) is 10.5 Å². The molecule has 1 aromatic heterocycles. The van der Waals surface area contributed by atoms with Crippen LogP contribution in [0, 0.1) is 13.8 Å². The number of aromatic nitrogens is 1. The zero-order valence-corrected chi connectivity index (χ0v) is 18.0. The fourth-order valence-electron chi connectivity index (χ4n) is 4.54. The van der Waals surface area contributed by atoms with Crippen molar-refractivity contribution in [3.8, 4) is 5.75 Å². The maximum Gasteiger partial charge on any atom is 0.251 e. The molecular formula is C24H32N2O4. The fourth-order valence-corrected chi connectivity index (χ4v) is 4.54. The highest BCUT2D eigenvalue weighted by Gasteiger charge is 2.30. The van der Waals surface area contributed by atoms with Crippen molar-refractivity contribution in [1.82, 2.24) is 10.5 Å². The van der Waals surface area contributed by atoms with Crippen LogP contribution in [0.1, 0.15) is 78.7 Å². The number of nitrogens with one attached hydrogen (secondary N) is 1. The summed E-state index contributed by atoms with van der Waals surface area (Å²) in [5.74, 6) is 1.35. The van der Waals surface area contributed by atoms with Crippen molar-refractivity contribution < 1.29 is 18.8 Å². The third-order valence-electron chi connectivity index (χ3n) is 6.35. The van der Waals surface area contributed by atoms with Gasteiger partial charge in [-0.1, -0.05) is 36.9 Å². The number of amides is 1. The third-order valence-corrected chi connectivity index (χ3v) is 6.35. The number of carbonyl (C=O) groups is 1. The Balaban J connectivity index is 1.37. The number of nitrogens with zero attached hydrogens (tertiary/aromatic N) is 1. The van der Waals surface area contributed by atoms with Gasteiger partial charge >= 0.3 is 0 Å². The highest BCUT2D eigenvalue weighted by Crippen LogP contribution is 2.28. The summed E-state index contributed by atoms with van der Waals surface area (Å²) in [6, 6.07) is 7.42. The molecule has 1 aromatic carbocycles. The summed E-state index contributed by atoms with van der Waals surface area (Å²) < 4.78 is 17.5. The lowest BCUT2D eigenvalue weighted by Crippen LogP contribution is -2.47. The molecule has 2 aromatic rings. The zero-order chi connectivity index (χ0) is 20.9. The fraction of sp³-hybridized carbons (Fsp3) is 0.583. The minimum Gasteiger partial charge on any atom is -0.489 e. The predicted molar refractivity (Wildman–Crippen MR) is 114 cm³/mol. The largest absolute Gasteiger partial charge is 0.489 e. The number of aryl methyl sites for hydroxylation is 2. The Kier molecular flexibility index (Phi) is 6.72. The average molecular weight is 413 g/mol. The lowest BCUT2D eigenvalue weighted by atomic mass is 9.92. The number of ether oxygens (including phenoxy) is 2. The van der Waals surface area contributed by atoms with Gasteiger partial charge in [-0.2, -0.15) is 0 Å². The molecule has 6 heteroatoms. The van der Waals surface area contributed by atoms with E-state index >= 15 is 0 Å². The van der Waals surface area contributed by atoms with Crippen molar-refractivity contribution in [2.24, 2.45) is 0 Å². The Morgan fingerprint density at radius 2 is 1.90 bits per heavy atom. The van der Waals surface area contributed by atoms with E-state index in [1.165, 1.54) is 19.3 Å². The second kappa shape index (κ2) is 9.65. The van der Waals surface area contributed by atoms with Gasteiger partial charge in [0, 0.05) is 5.56 Å². The van der Waals surface area contributed by atoms with Crippen molar-refractivity contribution in [1.29, 1.82) is 0 Å². The van der Waals surface area contributed by atoms with Crippen LogP contribution in [0.4, 0.5) is 0 Å². The summed E-state index contributed by atoms with van der Waals surface area (Å²) in [6.07, 6.45) is 9.64. The molecular weight excluding hydrogens is 380 g/mol. The van der Waals surface area contributed by atoms with Gasteiger partial charge in [0.25, 0.3) is 5.91 Å². The van der Waals surface area contributed by atoms with E-state index in [-0.39, 0.29) is 18.1 Å². The molecule has 1 heterocycles. The summed E-state index contributed by atoms with van der Waals surface area (Å²) >= 11 is 0. The molecule has 2 atom stereocenters. The second-order valence-electron chi connectivity index (χ2n) is 8.56. The van der Waals surface area contributed by atoms with Crippen molar-refractivity contribution >= 4 is 5.91 Å². The van der Waals surface area contributed by atoms with Crippen LogP contribution in [0.25, 0.3) is 0 Å². The van der Waals surface area contributed by atoms with Crippen LogP contribution in [0.5, 0.6) is 5.75 Å². The van der Waals surface area contributed by atoms with Crippen LogP contribution >= 0.6 is 0 Å². The van der Waals surface area contributed by atoms with Crippen molar-refractivity contribution in [3.05, 3.63) is 46.8 Å². The molecule has 4 rings (SSSR count). The minimum atomic E-state index is -0.0651. The Bertz CT molecular complexity index is 837. The first-order valence-electron chi connectivity index (χ1n) is 11.2. The zero-order valence-electron chi connectivity index (χ0n) is 18.0. The number of hydrogen-bond acceptors (Lipinski definition) is 5. The smallest absolute Gasteiger partial charge is 0.251 e. The standard InChI is InChI=1S/C24H32N2O4/c1-16-21(17(2)30-26-16)15-28-20-11-7-8-18(14-20)24(27)25-22-12-5-6-13-23(22)29-19-9-3-4-10-19/h7-8,11,14,19,22-23H,3-6,9-10,12-13,15H2,1-2H3,(H,25,27)/t22-,23-/m0/s1. The van der Waals surface area contributed by atoms with Crippen LogP contribution in [0.15, 0.2) is 28.8 Å². The number of rotatable bonds is 7. The van der Waals surface area contributed by atoms with E-state index < -0.39 is 0 Å². The van der Waals surface area contributed by atoms with Crippen molar-refractivity contribution in [2.45, 2.75) is 90.1 Å². The first-order chi connectivity index (χ1) is 14.6. The molecule has 2 saturated carbocycles. The van der Waals surface area contributed by atoms with E-state index in [0.717, 1.165) is 49.1 Å². The van der Waals surface area contributed by atoms with Gasteiger partial charge in [0.2, 0.25) is 0 Å². The topological polar surface area (TPSA) is 73.6 Å². The molecule has 2 fully saturated rings. The maximum absolute atomic E-state index is 12.9. The van der Waals surface area contributed by atoms with Gasteiger partial charge in [0.1, 0.15) is 18.1 Å². The van der Waals surface area contributed by atoms with E-state index in [9.17, 15) is 4.79 Å². The Morgan fingerprint density at radius 1 is 1.13 bits per heavy atom. The van der Waals surface area contributed by atoms with Gasteiger partial charge in [0.05, 0.1) is 29.5 Å². The van der Waals surface area contributed by atoms with Gasteiger partial charge < -0.3 is 19.3 Å². The van der Waals surface area contributed by atoms with Crippen LogP contribution < -0.4 is 10.1 Å². The highest BCUT2D eigenvalue weighted by molar-refractivity contribution is 5.94. The van der Waals surface area contributed by atoms with Crippen LogP contribution in [0.3, 0.4) is 0 Å². The summed E-state index contributed by atoms with van der Waals surface area (Å²) in [7, 11) is 0. The van der Waals surface area contributed by atoms with Gasteiger partial charge in [0.15, 0.2) is 0 Å². The first kappa shape index (κ1) is 20.9. The molecule has 1 amide bonds. The summed E-state index contributed by atoms with van der Waals surface area (Å²) in [4.78, 5) is 12.9. The first-order valence-corrected chi connectivity index (χ1v) is 11.2. The number of benzene rings is 1. The van der Waals surface area contributed by atoms with Gasteiger partial charge in [-0.3, -0.25) is 4.79 Å². The predicted octanol–water partition coefficient (Wildman–Crippen LogP) is 4.87. The normalized spacial score (nSPS) is 22.2. The average Bonchev–Trinajstić information content (AvgIpc) is 3.38. The molecule has 0 aliphatic heterocycles. The van der Waals surface area contributed by atoms with Crippen molar-refractivity contribution in [2.75, 3.05) is 0 Å². The van der Waals surface area contributed by atoms with E-state index in [4.69, 9.17) is 14.0 Å².